The zero-order chi connectivity index (χ0) is 14.3. The van der Waals surface area contributed by atoms with Crippen LogP contribution in [0.4, 0.5) is 0 Å². The highest BCUT2D eigenvalue weighted by Crippen LogP contribution is 2.23. The molecule has 104 valence electrons. The van der Waals surface area contributed by atoms with E-state index in [1.54, 1.807) is 0 Å². The van der Waals surface area contributed by atoms with Crippen LogP contribution in [0.25, 0.3) is 0 Å². The predicted octanol–water partition coefficient (Wildman–Crippen LogP) is 4.13. The molecular weight excluding hydrogens is 302 g/mol. The predicted molar refractivity (Wildman–Crippen MR) is 84.3 cm³/mol. The Bertz CT molecular complexity index is 443. The van der Waals surface area contributed by atoms with Crippen molar-refractivity contribution in [2.24, 2.45) is 0 Å². The van der Waals surface area contributed by atoms with E-state index in [-0.39, 0.29) is 5.54 Å². The summed E-state index contributed by atoms with van der Waals surface area (Å²) < 4.78 is 6.79. The minimum Gasteiger partial charge on any atom is -0.494 e. The summed E-state index contributed by atoms with van der Waals surface area (Å²) in [5.74, 6) is 3.51. The maximum atomic E-state index is 5.69. The van der Waals surface area contributed by atoms with Crippen LogP contribution < -0.4 is 10.1 Å². The van der Waals surface area contributed by atoms with E-state index in [0.29, 0.717) is 6.61 Å². The van der Waals surface area contributed by atoms with E-state index in [2.05, 4.69) is 54.0 Å². The molecule has 0 unspecified atom stereocenters. The third-order valence-corrected chi connectivity index (χ3v) is 3.33. The standard InChI is InChI=1S/C16H22BrNO/c1-5-6-7-10-19-14-8-9-15(17)13(11-14)12-18-16(2,3)4/h1,8-9,11,18H,6-7,10,12H2,2-4H3. The summed E-state index contributed by atoms with van der Waals surface area (Å²) in [5.41, 5.74) is 1.30. The molecule has 2 nitrogen and oxygen atoms in total. The molecule has 1 aromatic carbocycles. The first-order valence-corrected chi connectivity index (χ1v) is 7.31. The van der Waals surface area contributed by atoms with Crippen molar-refractivity contribution < 1.29 is 4.74 Å². The molecule has 0 fully saturated rings. The number of hydrogen-bond acceptors (Lipinski definition) is 2. The lowest BCUT2D eigenvalue weighted by Crippen LogP contribution is -2.35. The molecule has 0 saturated carbocycles. The molecule has 0 bridgehead atoms. The zero-order valence-corrected chi connectivity index (χ0v) is 13.5. The Morgan fingerprint density at radius 3 is 2.74 bits per heavy atom. The quantitative estimate of drug-likeness (QED) is 0.627. The van der Waals surface area contributed by atoms with Crippen molar-refractivity contribution in [1.82, 2.24) is 5.32 Å². The van der Waals surface area contributed by atoms with Gasteiger partial charge >= 0.3 is 0 Å². The van der Waals surface area contributed by atoms with Crippen molar-refractivity contribution >= 4 is 15.9 Å². The molecule has 0 radical (unpaired) electrons. The smallest absolute Gasteiger partial charge is 0.119 e. The summed E-state index contributed by atoms with van der Waals surface area (Å²) in [4.78, 5) is 0. The Balaban J connectivity index is 2.59. The molecule has 1 N–H and O–H groups in total. The van der Waals surface area contributed by atoms with Crippen molar-refractivity contribution in [3.8, 4) is 18.1 Å². The van der Waals surface area contributed by atoms with Gasteiger partial charge in [-0.1, -0.05) is 15.9 Å². The third-order valence-electron chi connectivity index (χ3n) is 2.56. The summed E-state index contributed by atoms with van der Waals surface area (Å²) in [6.45, 7) is 7.94. The first-order valence-electron chi connectivity index (χ1n) is 6.52. The Morgan fingerprint density at radius 1 is 1.37 bits per heavy atom. The SMILES string of the molecule is C#CCCCOc1ccc(Br)c(CNC(C)(C)C)c1. The minimum atomic E-state index is 0.100. The van der Waals surface area contributed by atoms with Gasteiger partial charge in [0.05, 0.1) is 6.61 Å². The van der Waals surface area contributed by atoms with Gasteiger partial charge in [0, 0.05) is 23.0 Å². The maximum Gasteiger partial charge on any atom is 0.119 e. The molecule has 3 heteroatoms. The number of halogens is 1. The fourth-order valence-electron chi connectivity index (χ4n) is 1.50. The fraction of sp³-hybridized carbons (Fsp3) is 0.500. The molecule has 0 spiro atoms. The van der Waals surface area contributed by atoms with Crippen LogP contribution in [-0.2, 0) is 6.54 Å². The van der Waals surface area contributed by atoms with Crippen LogP contribution >= 0.6 is 15.9 Å². The molecule has 0 aliphatic rings. The number of benzene rings is 1. The molecular formula is C16H22BrNO. The van der Waals surface area contributed by atoms with Crippen molar-refractivity contribution in [3.63, 3.8) is 0 Å². The van der Waals surface area contributed by atoms with E-state index in [1.165, 1.54) is 5.56 Å². The average molecular weight is 324 g/mol. The van der Waals surface area contributed by atoms with E-state index >= 15 is 0 Å². The van der Waals surface area contributed by atoms with Crippen LogP contribution in [0.3, 0.4) is 0 Å². The molecule has 0 heterocycles. The Kier molecular flexibility index (Phi) is 6.41. The summed E-state index contributed by atoms with van der Waals surface area (Å²) >= 11 is 3.57. The van der Waals surface area contributed by atoms with Crippen molar-refractivity contribution in [1.29, 1.82) is 0 Å². The number of unbranched alkanes of at least 4 members (excludes halogenated alkanes) is 1. The third kappa shape index (κ3) is 6.66. The van der Waals surface area contributed by atoms with Crippen molar-refractivity contribution in [2.45, 2.75) is 45.7 Å². The maximum absolute atomic E-state index is 5.69. The van der Waals surface area contributed by atoms with Crippen molar-refractivity contribution in [2.75, 3.05) is 6.61 Å². The average Bonchev–Trinajstić information content (AvgIpc) is 2.34. The molecule has 0 aromatic heterocycles. The van der Waals surface area contributed by atoms with Gasteiger partial charge < -0.3 is 10.1 Å². The Hall–Kier alpha value is -0.980. The highest BCUT2D eigenvalue weighted by atomic mass is 79.9. The summed E-state index contributed by atoms with van der Waals surface area (Å²) in [6.07, 6.45) is 6.86. The first kappa shape index (κ1) is 16.1. The highest BCUT2D eigenvalue weighted by Gasteiger charge is 2.10. The van der Waals surface area contributed by atoms with E-state index in [4.69, 9.17) is 11.2 Å². The van der Waals surface area contributed by atoms with Gasteiger partial charge in [0.15, 0.2) is 0 Å². The second-order valence-electron chi connectivity index (χ2n) is 5.51. The van der Waals surface area contributed by atoms with Crippen LogP contribution in [0.15, 0.2) is 22.7 Å². The molecule has 0 aliphatic heterocycles. The molecule has 1 rings (SSSR count). The van der Waals surface area contributed by atoms with Gasteiger partial charge in [0.25, 0.3) is 0 Å². The number of rotatable bonds is 6. The van der Waals surface area contributed by atoms with Crippen molar-refractivity contribution in [3.05, 3.63) is 28.2 Å². The molecule has 0 amide bonds. The van der Waals surface area contributed by atoms with E-state index < -0.39 is 0 Å². The van der Waals surface area contributed by atoms with Gasteiger partial charge in [-0.15, -0.1) is 12.3 Å². The number of terminal acetylenes is 1. The number of hydrogen-bond donors (Lipinski definition) is 1. The van der Waals surface area contributed by atoms with Crippen LogP contribution in [0.2, 0.25) is 0 Å². The second-order valence-corrected chi connectivity index (χ2v) is 6.37. The Morgan fingerprint density at radius 2 is 2.11 bits per heavy atom. The number of nitrogens with one attached hydrogen (secondary N) is 1. The normalized spacial score (nSPS) is 11.1. The van der Waals surface area contributed by atoms with Crippen LogP contribution in [0, 0.1) is 12.3 Å². The lowest BCUT2D eigenvalue weighted by Gasteiger charge is -2.21. The molecule has 1 aromatic rings. The van der Waals surface area contributed by atoms with Gasteiger partial charge in [-0.05, 0) is 51.0 Å². The van der Waals surface area contributed by atoms with Crippen LogP contribution in [-0.4, -0.2) is 12.1 Å². The van der Waals surface area contributed by atoms with E-state index in [1.807, 2.05) is 12.1 Å². The molecule has 19 heavy (non-hydrogen) atoms. The van der Waals surface area contributed by atoms with Crippen LogP contribution in [0.5, 0.6) is 5.75 Å². The molecule has 0 atom stereocenters. The van der Waals surface area contributed by atoms with Gasteiger partial charge in [-0.3, -0.25) is 0 Å². The molecule has 0 saturated heterocycles. The van der Waals surface area contributed by atoms with Gasteiger partial charge in [0.2, 0.25) is 0 Å². The summed E-state index contributed by atoms with van der Waals surface area (Å²) in [5, 5.41) is 3.47. The van der Waals surface area contributed by atoms with E-state index in [9.17, 15) is 0 Å². The topological polar surface area (TPSA) is 21.3 Å². The van der Waals surface area contributed by atoms with Gasteiger partial charge in [0.1, 0.15) is 5.75 Å². The lowest BCUT2D eigenvalue weighted by atomic mass is 10.1. The first-order chi connectivity index (χ1) is 8.92. The second kappa shape index (κ2) is 7.57. The van der Waals surface area contributed by atoms with Gasteiger partial charge in [-0.25, -0.2) is 0 Å². The fourth-order valence-corrected chi connectivity index (χ4v) is 1.89. The molecule has 0 aliphatic carbocycles. The monoisotopic (exact) mass is 323 g/mol. The zero-order valence-electron chi connectivity index (χ0n) is 11.9. The largest absolute Gasteiger partial charge is 0.494 e. The van der Waals surface area contributed by atoms with Gasteiger partial charge in [-0.2, -0.15) is 0 Å². The van der Waals surface area contributed by atoms with Crippen LogP contribution in [0.1, 0.15) is 39.2 Å². The Labute approximate surface area is 125 Å². The lowest BCUT2D eigenvalue weighted by molar-refractivity contribution is 0.312. The summed E-state index contributed by atoms with van der Waals surface area (Å²) in [6, 6.07) is 6.06. The number of ether oxygens (including phenoxy) is 1. The van der Waals surface area contributed by atoms with E-state index in [0.717, 1.165) is 29.6 Å². The minimum absolute atomic E-state index is 0.100. The summed E-state index contributed by atoms with van der Waals surface area (Å²) in [7, 11) is 0. The highest BCUT2D eigenvalue weighted by molar-refractivity contribution is 9.10.